The summed E-state index contributed by atoms with van der Waals surface area (Å²) in [5.41, 5.74) is 0.316. The van der Waals surface area contributed by atoms with Crippen LogP contribution in [0.4, 0.5) is 8.78 Å². The molecule has 4 aliphatic carbocycles. The van der Waals surface area contributed by atoms with E-state index in [4.69, 9.17) is 0 Å². The Morgan fingerprint density at radius 1 is 1.00 bits per heavy atom. The highest BCUT2D eigenvalue weighted by molar-refractivity contribution is 5.20. The number of benzene rings is 1. The predicted octanol–water partition coefficient (Wildman–Crippen LogP) is 3.94. The maximum Gasteiger partial charge on any atom is 0.162 e. The molecule has 0 amide bonds. The van der Waals surface area contributed by atoms with Gasteiger partial charge >= 0.3 is 0 Å². The molecule has 1 aromatic carbocycles. The highest BCUT2D eigenvalue weighted by Crippen LogP contribution is 2.57. The minimum absolute atomic E-state index is 0.247. The molecule has 1 nitrogen and oxygen atoms in total. The van der Waals surface area contributed by atoms with Crippen LogP contribution in [0.5, 0.6) is 0 Å². The lowest BCUT2D eigenvalue weighted by Crippen LogP contribution is -2.49. The molecule has 1 aromatic rings. The molecular formula is C18H22F2O. The van der Waals surface area contributed by atoms with Crippen molar-refractivity contribution >= 4 is 0 Å². The van der Waals surface area contributed by atoms with E-state index in [2.05, 4.69) is 0 Å². The van der Waals surface area contributed by atoms with Gasteiger partial charge in [0.2, 0.25) is 0 Å². The Balaban J connectivity index is 1.52. The number of aliphatic hydroxyl groups excluding tert-OH is 1. The fourth-order valence-corrected chi connectivity index (χ4v) is 5.66. The Hall–Kier alpha value is -0.960. The fraction of sp³-hybridized carbons (Fsp3) is 0.667. The molecule has 0 radical (unpaired) electrons. The second kappa shape index (κ2) is 5.05. The summed E-state index contributed by atoms with van der Waals surface area (Å²) in [7, 11) is 0. The normalized spacial score (nSPS) is 38.7. The van der Waals surface area contributed by atoms with E-state index >= 15 is 0 Å². The van der Waals surface area contributed by atoms with Crippen molar-refractivity contribution in [1.29, 1.82) is 0 Å². The van der Waals surface area contributed by atoms with Crippen LogP contribution in [0.3, 0.4) is 0 Å². The van der Waals surface area contributed by atoms with Crippen molar-refractivity contribution in [3.05, 3.63) is 35.4 Å². The summed E-state index contributed by atoms with van der Waals surface area (Å²) < 4.78 is 27.1. The molecule has 0 aliphatic heterocycles. The summed E-state index contributed by atoms with van der Waals surface area (Å²) in [4.78, 5) is 0. The van der Waals surface area contributed by atoms with Gasteiger partial charge in [-0.15, -0.1) is 0 Å². The average molecular weight is 292 g/mol. The summed E-state index contributed by atoms with van der Waals surface area (Å²) in [6, 6.07) is 4.25. The van der Waals surface area contributed by atoms with Crippen molar-refractivity contribution in [3.63, 3.8) is 0 Å². The van der Waals surface area contributed by atoms with Gasteiger partial charge in [0.15, 0.2) is 11.6 Å². The maximum atomic E-state index is 13.8. The minimum atomic E-state index is -0.815. The van der Waals surface area contributed by atoms with E-state index in [9.17, 15) is 13.9 Å². The second-order valence-corrected chi connectivity index (χ2v) is 7.49. The molecule has 4 aliphatic rings. The molecule has 1 atom stereocenters. The first-order valence-corrected chi connectivity index (χ1v) is 8.22. The molecule has 0 spiro atoms. The molecule has 5 rings (SSSR count). The van der Waals surface area contributed by atoms with Crippen LogP contribution >= 0.6 is 0 Å². The average Bonchev–Trinajstić information content (AvgIpc) is 2.42. The second-order valence-electron chi connectivity index (χ2n) is 7.49. The lowest BCUT2D eigenvalue weighted by Gasteiger charge is -2.55. The van der Waals surface area contributed by atoms with Gasteiger partial charge in [-0.25, -0.2) is 8.78 Å². The van der Waals surface area contributed by atoms with Gasteiger partial charge in [0.25, 0.3) is 0 Å². The molecule has 0 saturated heterocycles. The zero-order valence-corrected chi connectivity index (χ0v) is 12.1. The third-order valence-electron chi connectivity index (χ3n) is 6.20. The molecule has 4 saturated carbocycles. The van der Waals surface area contributed by atoms with Crippen LogP contribution in [0.1, 0.15) is 37.7 Å². The van der Waals surface area contributed by atoms with Gasteiger partial charge in [-0.05, 0) is 73.3 Å². The summed E-state index contributed by atoms with van der Waals surface area (Å²) in [6.45, 7) is 0. The monoisotopic (exact) mass is 292 g/mol. The molecule has 4 fully saturated rings. The summed E-state index contributed by atoms with van der Waals surface area (Å²) in [5.74, 6) is 1.62. The van der Waals surface area contributed by atoms with Gasteiger partial charge in [0.05, 0.1) is 6.10 Å². The summed E-state index contributed by atoms with van der Waals surface area (Å²) in [5, 5.41) is 10.7. The number of aliphatic hydroxyl groups is 1. The van der Waals surface area contributed by atoms with E-state index in [1.54, 1.807) is 6.07 Å². The van der Waals surface area contributed by atoms with Gasteiger partial charge in [0, 0.05) is 6.42 Å². The molecule has 0 heterocycles. The smallest absolute Gasteiger partial charge is 0.162 e. The van der Waals surface area contributed by atoms with E-state index < -0.39 is 17.7 Å². The molecule has 21 heavy (non-hydrogen) atoms. The standard InChI is InChI=1S/C18H22F2O/c19-15-3-1-2-12(18(15)20)9-16(21)17-13-5-10-4-11(7-13)8-14(17)6-10/h1-3,10-11,13-14,16-17,21H,4-9H2. The number of halogens is 2. The van der Waals surface area contributed by atoms with Crippen LogP contribution in [-0.4, -0.2) is 11.2 Å². The first-order valence-electron chi connectivity index (χ1n) is 8.22. The lowest BCUT2D eigenvalue weighted by atomic mass is 9.50. The largest absolute Gasteiger partial charge is 0.392 e. The Morgan fingerprint density at radius 2 is 1.62 bits per heavy atom. The molecule has 4 bridgehead atoms. The lowest BCUT2D eigenvalue weighted by molar-refractivity contribution is -0.0889. The van der Waals surface area contributed by atoms with E-state index in [1.165, 1.54) is 38.2 Å². The third-order valence-corrected chi connectivity index (χ3v) is 6.20. The number of hydrogen-bond acceptors (Lipinski definition) is 1. The number of rotatable bonds is 3. The highest BCUT2D eigenvalue weighted by atomic mass is 19.2. The topological polar surface area (TPSA) is 20.2 Å². The zero-order valence-electron chi connectivity index (χ0n) is 12.1. The van der Waals surface area contributed by atoms with Gasteiger partial charge in [0.1, 0.15) is 0 Å². The molecule has 114 valence electrons. The Kier molecular flexibility index (Phi) is 3.29. The van der Waals surface area contributed by atoms with Crippen LogP contribution in [0, 0.1) is 41.2 Å². The predicted molar refractivity (Wildman–Crippen MR) is 76.6 cm³/mol. The molecule has 0 aromatic heterocycles. The SMILES string of the molecule is OC(Cc1cccc(F)c1F)C1C2CC3CC(C2)CC1C3. The van der Waals surface area contributed by atoms with E-state index in [-0.39, 0.29) is 6.42 Å². The first-order chi connectivity index (χ1) is 10.1. The van der Waals surface area contributed by atoms with Crippen LogP contribution < -0.4 is 0 Å². The van der Waals surface area contributed by atoms with Gasteiger partial charge in [-0.1, -0.05) is 12.1 Å². The zero-order chi connectivity index (χ0) is 14.6. The molecule has 3 heteroatoms. The minimum Gasteiger partial charge on any atom is -0.392 e. The van der Waals surface area contributed by atoms with Gasteiger partial charge in [-0.3, -0.25) is 0 Å². The Labute approximate surface area is 124 Å². The van der Waals surface area contributed by atoms with Crippen molar-refractivity contribution in [1.82, 2.24) is 0 Å². The quantitative estimate of drug-likeness (QED) is 0.894. The third kappa shape index (κ3) is 2.30. The maximum absolute atomic E-state index is 13.8. The van der Waals surface area contributed by atoms with Crippen LogP contribution in [0.2, 0.25) is 0 Å². The Bertz CT molecular complexity index is 514. The van der Waals surface area contributed by atoms with Crippen molar-refractivity contribution in [2.24, 2.45) is 29.6 Å². The van der Waals surface area contributed by atoms with Gasteiger partial charge in [-0.2, -0.15) is 0 Å². The molecular weight excluding hydrogens is 270 g/mol. The van der Waals surface area contributed by atoms with E-state index in [0.29, 0.717) is 23.3 Å². The Morgan fingerprint density at radius 3 is 2.24 bits per heavy atom. The van der Waals surface area contributed by atoms with E-state index in [1.807, 2.05) is 0 Å². The highest BCUT2D eigenvalue weighted by Gasteiger charge is 2.50. The van der Waals surface area contributed by atoms with Crippen molar-refractivity contribution < 1.29 is 13.9 Å². The summed E-state index contributed by atoms with van der Waals surface area (Å²) >= 11 is 0. The van der Waals surface area contributed by atoms with Crippen LogP contribution in [-0.2, 0) is 6.42 Å². The summed E-state index contributed by atoms with van der Waals surface area (Å²) in [6.07, 6.45) is 6.04. The van der Waals surface area contributed by atoms with Gasteiger partial charge < -0.3 is 5.11 Å². The fourth-order valence-electron chi connectivity index (χ4n) is 5.66. The molecule has 1 N–H and O–H groups in total. The number of hydrogen-bond donors (Lipinski definition) is 1. The first kappa shape index (κ1) is 13.7. The molecule has 1 unspecified atom stereocenters. The van der Waals surface area contributed by atoms with E-state index in [0.717, 1.165) is 17.9 Å². The van der Waals surface area contributed by atoms with Crippen LogP contribution in [0.15, 0.2) is 18.2 Å². The van der Waals surface area contributed by atoms with Crippen LogP contribution in [0.25, 0.3) is 0 Å². The van der Waals surface area contributed by atoms with Crippen molar-refractivity contribution in [2.75, 3.05) is 0 Å². The van der Waals surface area contributed by atoms with Crippen molar-refractivity contribution in [3.8, 4) is 0 Å². The van der Waals surface area contributed by atoms with Crippen molar-refractivity contribution in [2.45, 2.75) is 44.6 Å².